The predicted molar refractivity (Wildman–Crippen MR) is 74.3 cm³/mol. The first kappa shape index (κ1) is 12.3. The van der Waals surface area contributed by atoms with Gasteiger partial charge in [-0.2, -0.15) is 0 Å². The van der Waals surface area contributed by atoms with Crippen LogP contribution in [0.4, 0.5) is 5.69 Å². The molecule has 2 rings (SSSR count). The fraction of sp³-hybridized carbons (Fsp3) is 0.231. The van der Waals surface area contributed by atoms with Crippen LogP contribution in [0.3, 0.4) is 0 Å². The minimum absolute atomic E-state index is 0.670. The molecule has 0 atom stereocenters. The van der Waals surface area contributed by atoms with Crippen molar-refractivity contribution < 1.29 is 4.74 Å². The molecule has 0 saturated carbocycles. The van der Waals surface area contributed by atoms with Gasteiger partial charge in [-0.05, 0) is 25.1 Å². The number of benzene rings is 1. The summed E-state index contributed by atoms with van der Waals surface area (Å²) in [6.07, 6.45) is 0. The van der Waals surface area contributed by atoms with E-state index in [9.17, 15) is 0 Å². The molecule has 1 aromatic carbocycles. The normalized spacial score (nSPS) is 10.2. The van der Waals surface area contributed by atoms with Crippen LogP contribution in [-0.4, -0.2) is 6.61 Å². The van der Waals surface area contributed by atoms with Crippen molar-refractivity contribution >= 4 is 28.6 Å². The Morgan fingerprint density at radius 2 is 2.18 bits per heavy atom. The van der Waals surface area contributed by atoms with E-state index in [-0.39, 0.29) is 0 Å². The molecule has 0 bridgehead atoms. The lowest BCUT2D eigenvalue weighted by Crippen LogP contribution is -2.01. The van der Waals surface area contributed by atoms with Crippen molar-refractivity contribution in [3.63, 3.8) is 0 Å². The van der Waals surface area contributed by atoms with Gasteiger partial charge in [0.05, 0.1) is 17.3 Å². The smallest absolute Gasteiger partial charge is 0.142 e. The maximum atomic E-state index is 5.88. The molecule has 2 nitrogen and oxygen atoms in total. The van der Waals surface area contributed by atoms with Crippen LogP contribution in [-0.2, 0) is 6.54 Å². The molecule has 1 heterocycles. The molecule has 0 aliphatic rings. The predicted octanol–water partition coefficient (Wildman–Crippen LogP) is 4.41. The van der Waals surface area contributed by atoms with Crippen molar-refractivity contribution in [3.8, 4) is 5.75 Å². The van der Waals surface area contributed by atoms with Crippen molar-refractivity contribution in [1.29, 1.82) is 0 Å². The number of hydrogen-bond donors (Lipinski definition) is 1. The largest absolute Gasteiger partial charge is 0.492 e. The lowest BCUT2D eigenvalue weighted by atomic mass is 10.3. The highest BCUT2D eigenvalue weighted by Crippen LogP contribution is 2.26. The average Bonchev–Trinajstić information content (AvgIpc) is 2.74. The van der Waals surface area contributed by atoms with Gasteiger partial charge in [0.25, 0.3) is 0 Å². The first-order valence-electron chi connectivity index (χ1n) is 5.48. The molecule has 1 aromatic heterocycles. The van der Waals surface area contributed by atoms with Crippen LogP contribution in [0.25, 0.3) is 0 Å². The maximum absolute atomic E-state index is 5.88. The van der Waals surface area contributed by atoms with Crippen LogP contribution in [0.1, 0.15) is 11.8 Å². The Labute approximate surface area is 110 Å². The minimum Gasteiger partial charge on any atom is -0.492 e. The van der Waals surface area contributed by atoms with Crippen molar-refractivity contribution in [1.82, 2.24) is 0 Å². The zero-order valence-electron chi connectivity index (χ0n) is 9.57. The van der Waals surface area contributed by atoms with Crippen molar-refractivity contribution in [3.05, 3.63) is 45.6 Å². The number of anilines is 1. The Morgan fingerprint density at radius 3 is 2.88 bits per heavy atom. The average molecular weight is 268 g/mol. The van der Waals surface area contributed by atoms with E-state index in [1.165, 1.54) is 4.88 Å². The van der Waals surface area contributed by atoms with E-state index in [1.54, 1.807) is 11.3 Å². The Bertz CT molecular complexity index is 484. The number of thiophene rings is 1. The molecule has 1 N–H and O–H groups in total. The Hall–Kier alpha value is -1.19. The molecule has 0 aliphatic carbocycles. The van der Waals surface area contributed by atoms with Crippen molar-refractivity contribution in [2.75, 3.05) is 11.9 Å². The Balaban J connectivity index is 2.03. The highest BCUT2D eigenvalue weighted by atomic mass is 35.5. The molecule has 0 amide bonds. The van der Waals surface area contributed by atoms with E-state index in [0.717, 1.165) is 23.0 Å². The fourth-order valence-electron chi connectivity index (χ4n) is 1.52. The SMILES string of the molecule is CCOc1ccccc1NCc1cc(Cl)cs1. The van der Waals surface area contributed by atoms with Gasteiger partial charge in [0, 0.05) is 16.8 Å². The van der Waals surface area contributed by atoms with Crippen LogP contribution in [0.5, 0.6) is 5.75 Å². The highest BCUT2D eigenvalue weighted by Gasteiger charge is 2.03. The number of ether oxygens (including phenoxy) is 1. The van der Waals surface area contributed by atoms with Crippen molar-refractivity contribution in [2.45, 2.75) is 13.5 Å². The summed E-state index contributed by atoms with van der Waals surface area (Å²) >= 11 is 7.53. The van der Waals surface area contributed by atoms with Gasteiger partial charge in [-0.25, -0.2) is 0 Å². The second-order valence-electron chi connectivity index (χ2n) is 3.51. The molecule has 0 fully saturated rings. The van der Waals surface area contributed by atoms with Crippen molar-refractivity contribution in [2.24, 2.45) is 0 Å². The first-order chi connectivity index (χ1) is 8.29. The van der Waals surface area contributed by atoms with Gasteiger partial charge in [-0.1, -0.05) is 23.7 Å². The van der Waals surface area contributed by atoms with E-state index in [2.05, 4.69) is 5.32 Å². The fourth-order valence-corrected chi connectivity index (χ4v) is 2.54. The quantitative estimate of drug-likeness (QED) is 0.866. The molecule has 2 aromatic rings. The number of halogens is 1. The summed E-state index contributed by atoms with van der Waals surface area (Å²) in [6.45, 7) is 3.42. The maximum Gasteiger partial charge on any atom is 0.142 e. The van der Waals surface area contributed by atoms with Crippen LogP contribution >= 0.6 is 22.9 Å². The second kappa shape index (κ2) is 5.94. The molecule has 90 valence electrons. The summed E-state index contributed by atoms with van der Waals surface area (Å²) in [5, 5.41) is 6.09. The summed E-state index contributed by atoms with van der Waals surface area (Å²) in [5.74, 6) is 0.887. The summed E-state index contributed by atoms with van der Waals surface area (Å²) in [5.41, 5.74) is 1.01. The summed E-state index contributed by atoms with van der Waals surface area (Å²) in [4.78, 5) is 1.21. The molecule has 0 saturated heterocycles. The number of para-hydroxylation sites is 2. The van der Waals surface area contributed by atoms with E-state index in [1.807, 2.05) is 42.6 Å². The third kappa shape index (κ3) is 3.38. The van der Waals surface area contributed by atoms with Gasteiger partial charge < -0.3 is 10.1 Å². The number of rotatable bonds is 5. The number of nitrogens with one attached hydrogen (secondary N) is 1. The van der Waals surface area contributed by atoms with E-state index in [0.29, 0.717) is 6.61 Å². The van der Waals surface area contributed by atoms with Crippen LogP contribution in [0.2, 0.25) is 5.02 Å². The first-order valence-corrected chi connectivity index (χ1v) is 6.74. The van der Waals surface area contributed by atoms with E-state index >= 15 is 0 Å². The molecule has 0 unspecified atom stereocenters. The summed E-state index contributed by atoms with van der Waals surface area (Å²) in [7, 11) is 0. The third-order valence-electron chi connectivity index (χ3n) is 2.26. The van der Waals surface area contributed by atoms with Gasteiger partial charge in [0.2, 0.25) is 0 Å². The van der Waals surface area contributed by atoms with E-state index < -0.39 is 0 Å². The molecular weight excluding hydrogens is 254 g/mol. The topological polar surface area (TPSA) is 21.3 Å². The van der Waals surface area contributed by atoms with Gasteiger partial charge in [-0.3, -0.25) is 0 Å². The monoisotopic (exact) mass is 267 g/mol. The lowest BCUT2D eigenvalue weighted by molar-refractivity contribution is 0.341. The van der Waals surface area contributed by atoms with Gasteiger partial charge in [-0.15, -0.1) is 11.3 Å². The zero-order valence-corrected chi connectivity index (χ0v) is 11.1. The molecule has 17 heavy (non-hydrogen) atoms. The highest BCUT2D eigenvalue weighted by molar-refractivity contribution is 7.10. The Kier molecular flexibility index (Phi) is 4.29. The van der Waals surface area contributed by atoms with Gasteiger partial charge >= 0.3 is 0 Å². The molecule has 4 heteroatoms. The van der Waals surface area contributed by atoms with Crippen LogP contribution < -0.4 is 10.1 Å². The van der Waals surface area contributed by atoms with Crippen LogP contribution in [0, 0.1) is 0 Å². The minimum atomic E-state index is 0.670. The molecular formula is C13H14ClNOS. The van der Waals surface area contributed by atoms with Crippen LogP contribution in [0.15, 0.2) is 35.7 Å². The molecule has 0 radical (unpaired) electrons. The Morgan fingerprint density at radius 1 is 1.35 bits per heavy atom. The lowest BCUT2D eigenvalue weighted by Gasteiger charge is -2.11. The van der Waals surface area contributed by atoms with E-state index in [4.69, 9.17) is 16.3 Å². The standard InChI is InChI=1S/C13H14ClNOS/c1-2-16-13-6-4-3-5-12(13)15-8-11-7-10(14)9-17-11/h3-7,9,15H,2,8H2,1H3. The zero-order chi connectivity index (χ0) is 12.1. The summed E-state index contributed by atoms with van der Waals surface area (Å²) in [6, 6.07) is 9.92. The summed E-state index contributed by atoms with van der Waals surface area (Å²) < 4.78 is 5.55. The molecule has 0 aliphatic heterocycles. The molecule has 0 spiro atoms. The number of hydrogen-bond acceptors (Lipinski definition) is 3. The van der Waals surface area contributed by atoms with Gasteiger partial charge in [0.15, 0.2) is 0 Å². The second-order valence-corrected chi connectivity index (χ2v) is 4.95. The third-order valence-corrected chi connectivity index (χ3v) is 3.55. The van der Waals surface area contributed by atoms with Gasteiger partial charge in [0.1, 0.15) is 5.75 Å².